The summed E-state index contributed by atoms with van der Waals surface area (Å²) in [7, 11) is 0. The summed E-state index contributed by atoms with van der Waals surface area (Å²) in [5, 5.41) is 3.59. The number of nitrogens with two attached hydrogens (primary N) is 1. The largest absolute Gasteiger partial charge is 0.492 e. The minimum Gasteiger partial charge on any atom is -0.492 e. The molecule has 4 nitrogen and oxygen atoms in total. The van der Waals surface area contributed by atoms with Gasteiger partial charge in [-0.2, -0.15) is 0 Å². The molecule has 110 valence electrons. The maximum atomic E-state index is 12.2. The van der Waals surface area contributed by atoms with Gasteiger partial charge in [0.2, 0.25) is 0 Å². The molecule has 0 aliphatic carbocycles. The zero-order chi connectivity index (χ0) is 15.4. The number of nitrogens with one attached hydrogen (secondary N) is 1. The molecule has 3 N–H and O–H groups in total. The molecule has 0 unspecified atom stereocenters. The van der Waals surface area contributed by atoms with E-state index in [9.17, 15) is 4.79 Å². The monoisotopic (exact) mass is 324 g/mol. The van der Waals surface area contributed by atoms with Gasteiger partial charge in [0.15, 0.2) is 0 Å². The molecule has 0 saturated heterocycles. The van der Waals surface area contributed by atoms with Crippen LogP contribution in [0.25, 0.3) is 0 Å². The lowest BCUT2D eigenvalue weighted by Crippen LogP contribution is -2.13. The fraction of sp³-hybridized carbons (Fsp3) is 0.133. The van der Waals surface area contributed by atoms with Crippen LogP contribution in [0.2, 0.25) is 10.0 Å². The molecule has 0 aliphatic rings. The van der Waals surface area contributed by atoms with Crippen LogP contribution in [0.15, 0.2) is 36.4 Å². The molecule has 0 radical (unpaired) electrons. The van der Waals surface area contributed by atoms with Gasteiger partial charge in [-0.25, -0.2) is 0 Å². The quantitative estimate of drug-likeness (QED) is 0.827. The van der Waals surface area contributed by atoms with E-state index in [1.54, 1.807) is 30.3 Å². The number of hydrogen-bond donors (Lipinski definition) is 2. The van der Waals surface area contributed by atoms with Crippen LogP contribution in [0.4, 0.5) is 11.4 Å². The smallest absolute Gasteiger partial charge is 0.255 e. The van der Waals surface area contributed by atoms with Crippen LogP contribution in [-0.2, 0) is 0 Å². The predicted octanol–water partition coefficient (Wildman–Crippen LogP) is 4.23. The van der Waals surface area contributed by atoms with E-state index in [0.717, 1.165) is 0 Å². The van der Waals surface area contributed by atoms with Crippen molar-refractivity contribution in [3.8, 4) is 5.75 Å². The number of ether oxygens (including phenoxy) is 1. The molecule has 0 heterocycles. The molecule has 2 aromatic carbocycles. The molecule has 1 amide bonds. The van der Waals surface area contributed by atoms with E-state index in [1.807, 2.05) is 6.92 Å². The Morgan fingerprint density at radius 2 is 2.00 bits per heavy atom. The lowest BCUT2D eigenvalue weighted by molar-refractivity contribution is 0.102. The van der Waals surface area contributed by atoms with Crippen LogP contribution in [0.1, 0.15) is 17.3 Å². The highest BCUT2D eigenvalue weighted by atomic mass is 35.5. The Hall–Kier alpha value is -1.91. The first-order chi connectivity index (χ1) is 10.0. The van der Waals surface area contributed by atoms with Crippen molar-refractivity contribution >= 4 is 40.5 Å². The van der Waals surface area contributed by atoms with Gasteiger partial charge in [0, 0.05) is 10.6 Å². The fourth-order valence-corrected chi connectivity index (χ4v) is 2.10. The number of amides is 1. The van der Waals surface area contributed by atoms with E-state index < -0.39 is 0 Å². The summed E-state index contributed by atoms with van der Waals surface area (Å²) in [6.45, 7) is 2.35. The number of anilines is 2. The van der Waals surface area contributed by atoms with Crippen LogP contribution >= 0.6 is 23.2 Å². The molecule has 0 aliphatic heterocycles. The van der Waals surface area contributed by atoms with E-state index in [4.69, 9.17) is 33.7 Å². The van der Waals surface area contributed by atoms with Crippen molar-refractivity contribution in [1.82, 2.24) is 0 Å². The number of benzene rings is 2. The summed E-state index contributed by atoms with van der Waals surface area (Å²) in [6.07, 6.45) is 0. The van der Waals surface area contributed by atoms with Gasteiger partial charge in [0.25, 0.3) is 5.91 Å². The van der Waals surface area contributed by atoms with Gasteiger partial charge in [0.1, 0.15) is 5.75 Å². The van der Waals surface area contributed by atoms with Crippen molar-refractivity contribution in [2.45, 2.75) is 6.92 Å². The molecule has 0 saturated carbocycles. The van der Waals surface area contributed by atoms with Crippen LogP contribution in [0.3, 0.4) is 0 Å². The Labute approximate surface area is 132 Å². The summed E-state index contributed by atoms with van der Waals surface area (Å²) in [5.74, 6) is 0.233. The minimum atomic E-state index is -0.319. The van der Waals surface area contributed by atoms with Gasteiger partial charge < -0.3 is 15.8 Å². The highest BCUT2D eigenvalue weighted by molar-refractivity contribution is 6.33. The zero-order valence-electron chi connectivity index (χ0n) is 11.3. The summed E-state index contributed by atoms with van der Waals surface area (Å²) >= 11 is 11.9. The highest BCUT2D eigenvalue weighted by Crippen LogP contribution is 2.29. The molecule has 0 atom stereocenters. The van der Waals surface area contributed by atoms with Gasteiger partial charge in [-0.15, -0.1) is 0 Å². The van der Waals surface area contributed by atoms with Gasteiger partial charge in [-0.05, 0) is 43.3 Å². The van der Waals surface area contributed by atoms with Crippen molar-refractivity contribution in [2.75, 3.05) is 17.7 Å². The van der Waals surface area contributed by atoms with Gasteiger partial charge >= 0.3 is 0 Å². The highest BCUT2D eigenvalue weighted by Gasteiger charge is 2.12. The number of halogens is 2. The average molecular weight is 325 g/mol. The standard InChI is InChI=1S/C15H14Cl2N2O2/c1-2-21-14-6-4-10(16)8-13(14)19-15(20)9-3-5-12(18)11(17)7-9/h3-8H,2,18H2,1H3,(H,19,20). The van der Waals surface area contributed by atoms with E-state index >= 15 is 0 Å². The SMILES string of the molecule is CCOc1ccc(Cl)cc1NC(=O)c1ccc(N)c(Cl)c1. The number of carbonyl (C=O) groups is 1. The number of nitrogen functional groups attached to an aromatic ring is 1. The third-order valence-electron chi connectivity index (χ3n) is 2.75. The van der Waals surface area contributed by atoms with Gasteiger partial charge in [0.05, 0.1) is 23.0 Å². The lowest BCUT2D eigenvalue weighted by atomic mass is 10.2. The Morgan fingerprint density at radius 3 is 2.67 bits per heavy atom. The van der Waals surface area contributed by atoms with Crippen molar-refractivity contribution in [2.24, 2.45) is 0 Å². The molecule has 2 rings (SSSR count). The third-order valence-corrected chi connectivity index (χ3v) is 3.31. The molecule has 0 fully saturated rings. The van der Waals surface area contributed by atoms with Crippen LogP contribution in [0.5, 0.6) is 5.75 Å². The van der Waals surface area contributed by atoms with Crippen molar-refractivity contribution < 1.29 is 9.53 Å². The molecule has 21 heavy (non-hydrogen) atoms. The molecule has 0 bridgehead atoms. The summed E-state index contributed by atoms with van der Waals surface area (Å²) in [5.41, 5.74) is 6.95. The summed E-state index contributed by atoms with van der Waals surface area (Å²) in [6, 6.07) is 9.72. The normalized spacial score (nSPS) is 10.2. The Kier molecular flexibility index (Phi) is 4.94. The topological polar surface area (TPSA) is 64.3 Å². The molecular formula is C15H14Cl2N2O2. The van der Waals surface area contributed by atoms with E-state index in [-0.39, 0.29) is 5.91 Å². The molecule has 0 spiro atoms. The second kappa shape index (κ2) is 6.70. The second-order valence-corrected chi connectivity index (χ2v) is 5.11. The Bertz CT molecular complexity index is 675. The fourth-order valence-electron chi connectivity index (χ4n) is 1.74. The Balaban J connectivity index is 2.26. The zero-order valence-corrected chi connectivity index (χ0v) is 12.8. The molecule has 0 aromatic heterocycles. The van der Waals surface area contributed by atoms with E-state index in [2.05, 4.69) is 5.32 Å². The van der Waals surface area contributed by atoms with Crippen LogP contribution in [0, 0.1) is 0 Å². The summed E-state index contributed by atoms with van der Waals surface area (Å²) in [4.78, 5) is 12.2. The lowest BCUT2D eigenvalue weighted by Gasteiger charge is -2.12. The van der Waals surface area contributed by atoms with Crippen LogP contribution < -0.4 is 15.8 Å². The molecule has 2 aromatic rings. The number of carbonyl (C=O) groups excluding carboxylic acids is 1. The summed E-state index contributed by atoms with van der Waals surface area (Å²) < 4.78 is 5.45. The second-order valence-electron chi connectivity index (χ2n) is 4.26. The van der Waals surface area contributed by atoms with Crippen molar-refractivity contribution in [1.29, 1.82) is 0 Å². The Morgan fingerprint density at radius 1 is 1.24 bits per heavy atom. The number of hydrogen-bond acceptors (Lipinski definition) is 3. The minimum absolute atomic E-state index is 0.319. The first kappa shape index (κ1) is 15.5. The predicted molar refractivity (Wildman–Crippen MR) is 86.4 cm³/mol. The third kappa shape index (κ3) is 3.80. The maximum Gasteiger partial charge on any atom is 0.255 e. The maximum absolute atomic E-state index is 12.2. The number of rotatable bonds is 4. The van der Waals surface area contributed by atoms with Crippen molar-refractivity contribution in [3.63, 3.8) is 0 Å². The van der Waals surface area contributed by atoms with Crippen molar-refractivity contribution in [3.05, 3.63) is 52.0 Å². The first-order valence-electron chi connectivity index (χ1n) is 6.30. The van der Waals surface area contributed by atoms with Crippen LogP contribution in [-0.4, -0.2) is 12.5 Å². The molecular weight excluding hydrogens is 311 g/mol. The first-order valence-corrected chi connectivity index (χ1v) is 7.05. The van der Waals surface area contributed by atoms with Gasteiger partial charge in [-0.1, -0.05) is 23.2 Å². The van der Waals surface area contributed by atoms with Gasteiger partial charge in [-0.3, -0.25) is 4.79 Å². The van der Waals surface area contributed by atoms with E-state index in [0.29, 0.717) is 39.3 Å². The molecule has 6 heteroatoms. The van der Waals surface area contributed by atoms with E-state index in [1.165, 1.54) is 6.07 Å². The average Bonchev–Trinajstić information content (AvgIpc) is 2.45.